The van der Waals surface area contributed by atoms with Gasteiger partial charge in [0.15, 0.2) is 11.2 Å². The lowest BCUT2D eigenvalue weighted by Crippen LogP contribution is -2.37. The van der Waals surface area contributed by atoms with E-state index < -0.39 is 5.69 Å². The van der Waals surface area contributed by atoms with Crippen LogP contribution >= 0.6 is 0 Å². The van der Waals surface area contributed by atoms with E-state index in [-0.39, 0.29) is 5.56 Å². The molecule has 0 atom stereocenters. The van der Waals surface area contributed by atoms with Gasteiger partial charge in [-0.2, -0.15) is 10.1 Å². The first-order valence-electron chi connectivity index (χ1n) is 10.7. The quantitative estimate of drug-likeness (QED) is 0.332. The van der Waals surface area contributed by atoms with Gasteiger partial charge in [-0.3, -0.25) is 13.9 Å². The van der Waals surface area contributed by atoms with Gasteiger partial charge < -0.3 is 9.30 Å². The smallest absolute Gasteiger partial charge is 0.332 e. The SMILES string of the molecule is CCCn1c(NN=Cc2ccc(OCc3ccccc3)cc2)nc2c1c(=O)n(C)c(=O)n2C. The predicted molar refractivity (Wildman–Crippen MR) is 129 cm³/mol. The Hall–Kier alpha value is -4.14. The van der Waals surface area contributed by atoms with Gasteiger partial charge in [0, 0.05) is 20.6 Å². The van der Waals surface area contributed by atoms with Crippen molar-refractivity contribution in [2.24, 2.45) is 19.2 Å². The molecule has 0 aliphatic rings. The molecule has 170 valence electrons. The molecule has 0 bridgehead atoms. The highest BCUT2D eigenvalue weighted by Gasteiger charge is 2.18. The van der Waals surface area contributed by atoms with Crippen molar-refractivity contribution >= 4 is 23.3 Å². The van der Waals surface area contributed by atoms with E-state index >= 15 is 0 Å². The van der Waals surface area contributed by atoms with E-state index in [2.05, 4.69) is 15.5 Å². The third kappa shape index (κ3) is 4.57. The lowest BCUT2D eigenvalue weighted by molar-refractivity contribution is 0.306. The van der Waals surface area contributed by atoms with Crippen LogP contribution in [0.3, 0.4) is 0 Å². The highest BCUT2D eigenvalue weighted by atomic mass is 16.5. The fourth-order valence-electron chi connectivity index (χ4n) is 3.53. The van der Waals surface area contributed by atoms with Gasteiger partial charge in [-0.15, -0.1) is 0 Å². The number of hydrogen-bond donors (Lipinski definition) is 1. The molecular formula is C24H26N6O3. The van der Waals surface area contributed by atoms with Crippen LogP contribution in [0, 0.1) is 0 Å². The second kappa shape index (κ2) is 9.56. The standard InChI is InChI=1S/C24H26N6O3/c1-4-14-30-20-21(28(2)24(32)29(3)22(20)31)26-23(30)27-25-15-17-10-12-19(13-11-17)33-16-18-8-6-5-7-9-18/h5-13,15H,4,14,16H2,1-3H3,(H,26,27). The Bertz CT molecular complexity index is 1400. The fraction of sp³-hybridized carbons (Fsp3) is 0.250. The summed E-state index contributed by atoms with van der Waals surface area (Å²) in [4.78, 5) is 29.4. The van der Waals surface area contributed by atoms with Crippen LogP contribution in [0.5, 0.6) is 5.75 Å². The number of fused-ring (bicyclic) bond motifs is 1. The number of anilines is 1. The summed E-state index contributed by atoms with van der Waals surface area (Å²) in [7, 11) is 3.06. The molecule has 0 saturated heterocycles. The van der Waals surface area contributed by atoms with Crippen molar-refractivity contribution in [2.45, 2.75) is 26.5 Å². The topological polar surface area (TPSA) is 95.4 Å². The molecule has 9 nitrogen and oxygen atoms in total. The number of hydrazone groups is 1. The molecule has 0 aliphatic heterocycles. The van der Waals surface area contributed by atoms with Crippen LogP contribution in [0.2, 0.25) is 0 Å². The molecule has 0 saturated carbocycles. The molecule has 33 heavy (non-hydrogen) atoms. The average molecular weight is 447 g/mol. The molecule has 0 radical (unpaired) electrons. The molecule has 0 amide bonds. The molecule has 0 aliphatic carbocycles. The highest BCUT2D eigenvalue weighted by molar-refractivity contribution is 5.80. The number of nitrogens with zero attached hydrogens (tertiary/aromatic N) is 5. The number of imidazole rings is 1. The maximum absolute atomic E-state index is 12.7. The van der Waals surface area contributed by atoms with Gasteiger partial charge in [0.25, 0.3) is 5.56 Å². The van der Waals surface area contributed by atoms with Crippen molar-refractivity contribution in [3.8, 4) is 5.75 Å². The van der Waals surface area contributed by atoms with Gasteiger partial charge >= 0.3 is 5.69 Å². The van der Waals surface area contributed by atoms with Crippen LogP contribution < -0.4 is 21.4 Å². The molecule has 9 heteroatoms. The van der Waals surface area contributed by atoms with E-state index in [1.807, 2.05) is 61.5 Å². The first kappa shape index (κ1) is 22.1. The molecular weight excluding hydrogens is 420 g/mol. The van der Waals surface area contributed by atoms with Gasteiger partial charge in [0.2, 0.25) is 5.95 Å². The molecule has 2 aromatic carbocycles. The van der Waals surface area contributed by atoms with Crippen LogP contribution in [0.25, 0.3) is 11.2 Å². The van der Waals surface area contributed by atoms with Crippen LogP contribution in [-0.2, 0) is 27.2 Å². The Labute approximate surface area is 190 Å². The van der Waals surface area contributed by atoms with Crippen LogP contribution in [0.4, 0.5) is 5.95 Å². The van der Waals surface area contributed by atoms with Crippen molar-refractivity contribution in [1.82, 2.24) is 18.7 Å². The van der Waals surface area contributed by atoms with Crippen molar-refractivity contribution in [3.05, 3.63) is 86.6 Å². The summed E-state index contributed by atoms with van der Waals surface area (Å²) >= 11 is 0. The number of aryl methyl sites for hydroxylation is 2. The van der Waals surface area contributed by atoms with Gasteiger partial charge in [-0.25, -0.2) is 10.2 Å². The van der Waals surface area contributed by atoms with Crippen molar-refractivity contribution < 1.29 is 4.74 Å². The third-order valence-electron chi connectivity index (χ3n) is 5.30. The fourth-order valence-corrected chi connectivity index (χ4v) is 3.53. The zero-order chi connectivity index (χ0) is 23.4. The molecule has 4 rings (SSSR count). The second-order valence-corrected chi connectivity index (χ2v) is 7.68. The van der Waals surface area contributed by atoms with E-state index in [0.29, 0.717) is 30.3 Å². The van der Waals surface area contributed by atoms with Gasteiger partial charge in [0.05, 0.1) is 6.21 Å². The van der Waals surface area contributed by atoms with Crippen LogP contribution in [0.1, 0.15) is 24.5 Å². The molecule has 1 N–H and O–H groups in total. The zero-order valence-electron chi connectivity index (χ0n) is 18.9. The molecule has 4 aromatic rings. The first-order chi connectivity index (χ1) is 16.0. The Morgan fingerprint density at radius 1 is 1.03 bits per heavy atom. The minimum Gasteiger partial charge on any atom is -0.489 e. The maximum Gasteiger partial charge on any atom is 0.332 e. The number of nitrogens with one attached hydrogen (secondary N) is 1. The summed E-state index contributed by atoms with van der Waals surface area (Å²) in [5.41, 5.74) is 4.80. The Morgan fingerprint density at radius 3 is 2.45 bits per heavy atom. The Morgan fingerprint density at radius 2 is 1.76 bits per heavy atom. The summed E-state index contributed by atoms with van der Waals surface area (Å²) in [5, 5.41) is 4.28. The molecule has 0 fully saturated rings. The number of aromatic nitrogens is 4. The lowest BCUT2D eigenvalue weighted by Gasteiger charge is -2.07. The van der Waals surface area contributed by atoms with Crippen molar-refractivity contribution in [1.29, 1.82) is 0 Å². The predicted octanol–water partition coefficient (Wildman–Crippen LogP) is 2.87. The summed E-state index contributed by atoms with van der Waals surface area (Å²) in [6, 6.07) is 17.6. The second-order valence-electron chi connectivity index (χ2n) is 7.68. The first-order valence-corrected chi connectivity index (χ1v) is 10.7. The molecule has 2 aromatic heterocycles. The summed E-state index contributed by atoms with van der Waals surface area (Å²) in [5.74, 6) is 1.18. The third-order valence-corrected chi connectivity index (χ3v) is 5.30. The van der Waals surface area contributed by atoms with Crippen LogP contribution in [-0.4, -0.2) is 24.9 Å². The average Bonchev–Trinajstić information content (AvgIpc) is 3.20. The van der Waals surface area contributed by atoms with E-state index in [0.717, 1.165) is 27.9 Å². The molecule has 0 spiro atoms. The largest absolute Gasteiger partial charge is 0.489 e. The van der Waals surface area contributed by atoms with Crippen molar-refractivity contribution in [2.75, 3.05) is 5.43 Å². The minimum atomic E-state index is -0.418. The number of rotatable bonds is 8. The normalized spacial score (nSPS) is 11.4. The maximum atomic E-state index is 12.7. The number of benzene rings is 2. The number of hydrogen-bond acceptors (Lipinski definition) is 6. The van der Waals surface area contributed by atoms with E-state index in [1.54, 1.807) is 17.8 Å². The lowest BCUT2D eigenvalue weighted by atomic mass is 10.2. The minimum absolute atomic E-state index is 0.328. The van der Waals surface area contributed by atoms with E-state index in [4.69, 9.17) is 4.74 Å². The van der Waals surface area contributed by atoms with E-state index in [1.165, 1.54) is 11.6 Å². The highest BCUT2D eigenvalue weighted by Crippen LogP contribution is 2.17. The van der Waals surface area contributed by atoms with Gasteiger partial charge in [-0.05, 0) is 41.8 Å². The zero-order valence-corrected chi connectivity index (χ0v) is 18.9. The van der Waals surface area contributed by atoms with Crippen molar-refractivity contribution in [3.63, 3.8) is 0 Å². The monoisotopic (exact) mass is 446 g/mol. The molecule has 0 unspecified atom stereocenters. The Kier molecular flexibility index (Phi) is 6.39. The van der Waals surface area contributed by atoms with Gasteiger partial charge in [0.1, 0.15) is 12.4 Å². The summed E-state index contributed by atoms with van der Waals surface area (Å²) in [6.45, 7) is 3.08. The summed E-state index contributed by atoms with van der Waals surface area (Å²) < 4.78 is 10.0. The number of ether oxygens (including phenoxy) is 1. The van der Waals surface area contributed by atoms with Crippen LogP contribution in [0.15, 0.2) is 69.3 Å². The van der Waals surface area contributed by atoms with E-state index in [9.17, 15) is 9.59 Å². The molecule has 2 heterocycles. The van der Waals surface area contributed by atoms with Gasteiger partial charge in [-0.1, -0.05) is 37.3 Å². The summed E-state index contributed by atoms with van der Waals surface area (Å²) in [6.07, 6.45) is 2.45. The Balaban J connectivity index is 1.51.